The van der Waals surface area contributed by atoms with Crippen molar-refractivity contribution in [2.45, 2.75) is 24.1 Å². The molecule has 0 aliphatic carbocycles. The summed E-state index contributed by atoms with van der Waals surface area (Å²) in [5.74, 6) is 1.05. The van der Waals surface area contributed by atoms with Crippen molar-refractivity contribution in [2.75, 3.05) is 17.6 Å². The van der Waals surface area contributed by atoms with Crippen molar-refractivity contribution in [2.24, 2.45) is 5.73 Å². The van der Waals surface area contributed by atoms with E-state index >= 15 is 0 Å². The Kier molecular flexibility index (Phi) is 4.29. The van der Waals surface area contributed by atoms with Crippen LogP contribution in [-0.4, -0.2) is 23.1 Å². The van der Waals surface area contributed by atoms with E-state index in [4.69, 9.17) is 17.3 Å². The Morgan fingerprint density at radius 1 is 1.65 bits per heavy atom. The van der Waals surface area contributed by atoms with Gasteiger partial charge in [0.05, 0.1) is 10.6 Å². The molecule has 5 heteroatoms. The predicted molar refractivity (Wildman–Crippen MR) is 81.1 cm³/mol. The van der Waals surface area contributed by atoms with E-state index in [9.17, 15) is 0 Å². The first-order valence-corrected chi connectivity index (χ1v) is 7.81. The first-order valence-electron chi connectivity index (χ1n) is 5.59. The second kappa shape index (κ2) is 5.39. The molecule has 1 fully saturated rings. The van der Waals surface area contributed by atoms with Gasteiger partial charge in [0.1, 0.15) is 0 Å². The van der Waals surface area contributed by atoms with E-state index in [1.807, 2.05) is 30.0 Å². The van der Waals surface area contributed by atoms with E-state index in [0.29, 0.717) is 11.8 Å². The number of hydrogen-bond donors (Lipinski definition) is 2. The zero-order valence-corrected chi connectivity index (χ0v) is 12.8. The van der Waals surface area contributed by atoms with Gasteiger partial charge in [-0.1, -0.05) is 18.5 Å². The minimum Gasteiger partial charge on any atom is -0.377 e. The highest BCUT2D eigenvalue weighted by Gasteiger charge is 2.36. The summed E-state index contributed by atoms with van der Waals surface area (Å²) >= 11 is 11.5. The van der Waals surface area contributed by atoms with Crippen LogP contribution in [0.25, 0.3) is 0 Å². The topological polar surface area (TPSA) is 38.0 Å². The lowest BCUT2D eigenvalue weighted by Gasteiger charge is -2.29. The molecule has 2 unspecified atom stereocenters. The van der Waals surface area contributed by atoms with Gasteiger partial charge in [-0.15, -0.1) is 0 Å². The smallest absolute Gasteiger partial charge is 0.0596 e. The average molecular weight is 336 g/mol. The standard InChI is InChI=1S/C12H16BrClN2S/c1-8-5-12(6-15,7-17-8)16-9-2-3-10(13)11(14)4-9/h2-4,8,16H,5-7,15H2,1H3. The molecule has 0 spiro atoms. The summed E-state index contributed by atoms with van der Waals surface area (Å²) in [4.78, 5) is 0. The van der Waals surface area contributed by atoms with E-state index in [2.05, 4.69) is 28.2 Å². The molecule has 0 aromatic heterocycles. The molecule has 1 aliphatic rings. The van der Waals surface area contributed by atoms with E-state index in [1.165, 1.54) is 0 Å². The minimum atomic E-state index is 0.0151. The largest absolute Gasteiger partial charge is 0.377 e. The molecule has 2 rings (SSSR count). The minimum absolute atomic E-state index is 0.0151. The van der Waals surface area contributed by atoms with Crippen molar-refractivity contribution >= 4 is 45.0 Å². The van der Waals surface area contributed by atoms with Gasteiger partial charge >= 0.3 is 0 Å². The quantitative estimate of drug-likeness (QED) is 0.884. The highest BCUT2D eigenvalue weighted by Crippen LogP contribution is 2.37. The number of halogens is 2. The van der Waals surface area contributed by atoms with Crippen molar-refractivity contribution < 1.29 is 0 Å². The van der Waals surface area contributed by atoms with Crippen LogP contribution in [-0.2, 0) is 0 Å². The second-order valence-corrected chi connectivity index (χ2v) is 7.25. The van der Waals surface area contributed by atoms with Crippen LogP contribution < -0.4 is 11.1 Å². The van der Waals surface area contributed by atoms with Crippen LogP contribution in [0.2, 0.25) is 5.02 Å². The molecule has 3 N–H and O–H groups in total. The summed E-state index contributed by atoms with van der Waals surface area (Å²) in [6.45, 7) is 2.90. The monoisotopic (exact) mass is 334 g/mol. The van der Waals surface area contributed by atoms with Gasteiger partial charge in [-0.3, -0.25) is 0 Å². The normalized spacial score (nSPS) is 28.4. The first-order chi connectivity index (χ1) is 8.04. The highest BCUT2D eigenvalue weighted by molar-refractivity contribution is 9.10. The fraction of sp³-hybridized carbons (Fsp3) is 0.500. The van der Waals surface area contributed by atoms with Gasteiger partial charge in [0.15, 0.2) is 0 Å². The van der Waals surface area contributed by atoms with Gasteiger partial charge in [0.2, 0.25) is 0 Å². The van der Waals surface area contributed by atoms with Crippen LogP contribution in [0.1, 0.15) is 13.3 Å². The zero-order valence-electron chi connectivity index (χ0n) is 9.67. The van der Waals surface area contributed by atoms with Crippen molar-refractivity contribution in [3.63, 3.8) is 0 Å². The maximum Gasteiger partial charge on any atom is 0.0596 e. The maximum absolute atomic E-state index is 6.09. The van der Waals surface area contributed by atoms with Crippen LogP contribution in [0.5, 0.6) is 0 Å². The zero-order chi connectivity index (χ0) is 12.5. The summed E-state index contributed by atoms with van der Waals surface area (Å²) in [7, 11) is 0. The number of benzene rings is 1. The molecular formula is C12H16BrClN2S. The Balaban J connectivity index is 2.16. The predicted octanol–water partition coefficient (Wildman–Crippen LogP) is 3.74. The molecular weight excluding hydrogens is 320 g/mol. The molecule has 0 bridgehead atoms. The molecule has 0 saturated carbocycles. The van der Waals surface area contributed by atoms with E-state index in [0.717, 1.165) is 27.4 Å². The fourth-order valence-corrected chi connectivity index (χ4v) is 3.91. The third kappa shape index (κ3) is 3.11. The van der Waals surface area contributed by atoms with Crippen LogP contribution in [0.3, 0.4) is 0 Å². The van der Waals surface area contributed by atoms with Gasteiger partial charge in [-0.2, -0.15) is 11.8 Å². The molecule has 2 atom stereocenters. The molecule has 1 aliphatic heterocycles. The summed E-state index contributed by atoms with van der Waals surface area (Å²) in [6, 6.07) is 5.93. The third-order valence-corrected chi connectivity index (χ3v) is 5.73. The van der Waals surface area contributed by atoms with Crippen LogP contribution in [0, 0.1) is 0 Å². The molecule has 0 radical (unpaired) electrons. The van der Waals surface area contributed by atoms with E-state index in [1.54, 1.807) is 0 Å². The number of thioether (sulfide) groups is 1. The van der Waals surface area contributed by atoms with Gasteiger partial charge < -0.3 is 11.1 Å². The van der Waals surface area contributed by atoms with Crippen LogP contribution >= 0.6 is 39.3 Å². The molecule has 1 aromatic carbocycles. The third-order valence-electron chi connectivity index (χ3n) is 3.04. The molecule has 1 aromatic rings. The summed E-state index contributed by atoms with van der Waals surface area (Å²) in [5, 5.41) is 4.94. The Morgan fingerprint density at radius 2 is 2.41 bits per heavy atom. The lowest BCUT2D eigenvalue weighted by molar-refractivity contribution is 0.513. The molecule has 1 heterocycles. The van der Waals surface area contributed by atoms with Crippen LogP contribution in [0.15, 0.2) is 22.7 Å². The fourth-order valence-electron chi connectivity index (χ4n) is 2.13. The second-order valence-electron chi connectivity index (χ2n) is 4.56. The van der Waals surface area contributed by atoms with Crippen LogP contribution in [0.4, 0.5) is 5.69 Å². The van der Waals surface area contributed by atoms with Gasteiger partial charge in [-0.05, 0) is 40.5 Å². The van der Waals surface area contributed by atoms with Crippen molar-refractivity contribution in [3.05, 3.63) is 27.7 Å². The maximum atomic E-state index is 6.09. The SMILES string of the molecule is CC1CC(CN)(Nc2ccc(Br)c(Cl)c2)CS1. The number of nitrogens with two attached hydrogens (primary N) is 1. The lowest BCUT2D eigenvalue weighted by atomic mass is 9.96. The molecule has 1 saturated heterocycles. The summed E-state index contributed by atoms with van der Waals surface area (Å²) < 4.78 is 0.917. The first kappa shape index (κ1) is 13.5. The molecule has 2 nitrogen and oxygen atoms in total. The number of nitrogens with one attached hydrogen (secondary N) is 1. The number of rotatable bonds is 3. The van der Waals surface area contributed by atoms with Gasteiger partial charge in [0, 0.05) is 27.7 Å². The summed E-state index contributed by atoms with van der Waals surface area (Å²) in [5.41, 5.74) is 6.98. The van der Waals surface area contributed by atoms with E-state index in [-0.39, 0.29) is 5.54 Å². The molecule has 17 heavy (non-hydrogen) atoms. The number of hydrogen-bond acceptors (Lipinski definition) is 3. The van der Waals surface area contributed by atoms with E-state index < -0.39 is 0 Å². The van der Waals surface area contributed by atoms with Crippen molar-refractivity contribution in [1.29, 1.82) is 0 Å². The Labute approximate surface area is 120 Å². The Morgan fingerprint density at radius 3 is 2.94 bits per heavy atom. The van der Waals surface area contributed by atoms with Crippen molar-refractivity contribution in [3.8, 4) is 0 Å². The summed E-state index contributed by atoms with van der Waals surface area (Å²) in [6.07, 6.45) is 1.10. The van der Waals surface area contributed by atoms with Gasteiger partial charge in [-0.25, -0.2) is 0 Å². The lowest BCUT2D eigenvalue weighted by Crippen LogP contribution is -2.45. The average Bonchev–Trinajstić information content (AvgIpc) is 2.66. The highest BCUT2D eigenvalue weighted by atomic mass is 79.9. The Hall–Kier alpha value is 0.1000. The van der Waals surface area contributed by atoms with Crippen molar-refractivity contribution in [1.82, 2.24) is 0 Å². The Bertz CT molecular complexity index is 415. The van der Waals surface area contributed by atoms with Gasteiger partial charge in [0.25, 0.3) is 0 Å². The molecule has 0 amide bonds. The molecule has 94 valence electrons. The number of anilines is 1.